The number of hydrogen-bond donors (Lipinski definition) is 0. The summed E-state index contributed by atoms with van der Waals surface area (Å²) in [6.45, 7) is 5.01. The van der Waals surface area contributed by atoms with Gasteiger partial charge in [0.1, 0.15) is 0 Å². The largest absolute Gasteiger partial charge is 0.301 e. The number of anilines is 1. The van der Waals surface area contributed by atoms with Crippen LogP contribution in [0.25, 0.3) is 0 Å². The van der Waals surface area contributed by atoms with Gasteiger partial charge in [-0.2, -0.15) is 0 Å². The zero-order chi connectivity index (χ0) is 15.0. The molecule has 1 heterocycles. The molecular weight excluding hydrogens is 272 g/mol. The lowest BCUT2D eigenvalue weighted by Gasteiger charge is -2.26. The molecule has 3 rings (SSSR count). The van der Waals surface area contributed by atoms with Crippen molar-refractivity contribution in [2.24, 2.45) is 0 Å². The van der Waals surface area contributed by atoms with Crippen LogP contribution in [0.2, 0.25) is 0 Å². The number of benzene rings is 2. The van der Waals surface area contributed by atoms with Crippen molar-refractivity contribution in [2.45, 2.75) is 19.4 Å². The van der Waals surface area contributed by atoms with E-state index in [1.165, 1.54) is 31.5 Å². The number of para-hydroxylation sites is 1. The molecule has 2 aromatic carbocycles. The highest BCUT2D eigenvalue weighted by Gasteiger charge is 2.14. The smallest absolute Gasteiger partial charge is 0.0999 e. The molecule has 0 radical (unpaired) electrons. The van der Waals surface area contributed by atoms with Crippen LogP contribution >= 0.6 is 0 Å². The molecule has 0 bridgehead atoms. The zero-order valence-corrected chi connectivity index (χ0v) is 13.0. The highest BCUT2D eigenvalue weighted by molar-refractivity contribution is 5.43. The monoisotopic (exact) mass is 296 g/mol. The molecule has 0 atom stereocenters. The van der Waals surface area contributed by atoms with Crippen molar-refractivity contribution in [3.05, 3.63) is 66.2 Å². The summed E-state index contributed by atoms with van der Waals surface area (Å²) in [4.78, 5) is 8.60. The maximum Gasteiger partial charge on any atom is 0.0999 e. The first-order valence-electron chi connectivity index (χ1n) is 8.13. The number of rotatable bonds is 7. The summed E-state index contributed by atoms with van der Waals surface area (Å²) < 4.78 is 0. The SMILES string of the molecule is c1ccc(CON(CCN2CCCC2)c2ccccc2)cc1. The van der Waals surface area contributed by atoms with Crippen LogP contribution in [-0.4, -0.2) is 31.1 Å². The molecule has 0 saturated carbocycles. The molecule has 3 heteroatoms. The predicted octanol–water partition coefficient (Wildman–Crippen LogP) is 3.72. The Morgan fingerprint density at radius 3 is 2.18 bits per heavy atom. The van der Waals surface area contributed by atoms with Crippen LogP contribution in [0.1, 0.15) is 18.4 Å². The molecule has 1 fully saturated rings. The first-order valence-corrected chi connectivity index (χ1v) is 8.13. The second-order valence-electron chi connectivity index (χ2n) is 5.75. The average molecular weight is 296 g/mol. The normalized spacial score (nSPS) is 15.1. The molecular formula is C19H24N2O. The van der Waals surface area contributed by atoms with Crippen LogP contribution in [0.15, 0.2) is 60.7 Å². The molecule has 22 heavy (non-hydrogen) atoms. The fraction of sp³-hybridized carbons (Fsp3) is 0.368. The van der Waals surface area contributed by atoms with E-state index in [0.717, 1.165) is 18.8 Å². The minimum Gasteiger partial charge on any atom is -0.301 e. The van der Waals surface area contributed by atoms with Gasteiger partial charge >= 0.3 is 0 Å². The average Bonchev–Trinajstić information content (AvgIpc) is 3.10. The molecule has 0 unspecified atom stereocenters. The molecule has 0 spiro atoms. The Bertz CT molecular complexity index is 538. The van der Waals surface area contributed by atoms with Gasteiger partial charge < -0.3 is 4.90 Å². The lowest BCUT2D eigenvalue weighted by Crippen LogP contribution is -2.33. The Hall–Kier alpha value is -1.84. The topological polar surface area (TPSA) is 15.7 Å². The number of likely N-dealkylation sites (tertiary alicyclic amines) is 1. The molecule has 0 amide bonds. The third-order valence-corrected chi connectivity index (χ3v) is 4.09. The zero-order valence-electron chi connectivity index (χ0n) is 13.0. The molecule has 0 aliphatic carbocycles. The predicted molar refractivity (Wildman–Crippen MR) is 90.7 cm³/mol. The van der Waals surface area contributed by atoms with E-state index >= 15 is 0 Å². The van der Waals surface area contributed by atoms with E-state index in [9.17, 15) is 0 Å². The van der Waals surface area contributed by atoms with E-state index in [0.29, 0.717) is 6.61 Å². The quantitative estimate of drug-likeness (QED) is 0.724. The molecule has 2 aromatic rings. The van der Waals surface area contributed by atoms with Crippen LogP contribution < -0.4 is 5.06 Å². The fourth-order valence-electron chi connectivity index (χ4n) is 2.83. The maximum atomic E-state index is 6.08. The van der Waals surface area contributed by atoms with Gasteiger partial charge in [-0.3, -0.25) is 9.90 Å². The third kappa shape index (κ3) is 4.33. The Morgan fingerprint density at radius 1 is 0.864 bits per heavy atom. The van der Waals surface area contributed by atoms with Crippen LogP contribution in [0.3, 0.4) is 0 Å². The van der Waals surface area contributed by atoms with Gasteiger partial charge in [0.2, 0.25) is 0 Å². The van der Waals surface area contributed by atoms with Gasteiger partial charge in [-0.25, -0.2) is 0 Å². The summed E-state index contributed by atoms with van der Waals surface area (Å²) in [6, 6.07) is 20.7. The van der Waals surface area contributed by atoms with Gasteiger partial charge in [-0.15, -0.1) is 0 Å². The summed E-state index contributed by atoms with van der Waals surface area (Å²) >= 11 is 0. The van der Waals surface area contributed by atoms with E-state index in [1.807, 2.05) is 17.2 Å². The number of nitrogens with zero attached hydrogens (tertiary/aromatic N) is 2. The van der Waals surface area contributed by atoms with Crippen molar-refractivity contribution in [1.82, 2.24) is 4.90 Å². The molecule has 0 aromatic heterocycles. The molecule has 0 N–H and O–H groups in total. The molecule has 1 aliphatic heterocycles. The number of hydrogen-bond acceptors (Lipinski definition) is 3. The van der Waals surface area contributed by atoms with Gasteiger partial charge in [0.15, 0.2) is 0 Å². The Morgan fingerprint density at radius 2 is 1.50 bits per heavy atom. The van der Waals surface area contributed by atoms with Crippen LogP contribution in [0.5, 0.6) is 0 Å². The second kappa shape index (κ2) is 7.97. The molecule has 3 nitrogen and oxygen atoms in total. The van der Waals surface area contributed by atoms with Crippen molar-refractivity contribution >= 4 is 5.69 Å². The molecule has 1 saturated heterocycles. The summed E-state index contributed by atoms with van der Waals surface area (Å²) in [7, 11) is 0. The minimum atomic E-state index is 0.607. The molecule has 1 aliphatic rings. The van der Waals surface area contributed by atoms with Crippen LogP contribution in [0, 0.1) is 0 Å². The van der Waals surface area contributed by atoms with Crippen LogP contribution in [-0.2, 0) is 11.4 Å². The Labute approximate surface area is 133 Å². The number of hydroxylamine groups is 1. The lowest BCUT2D eigenvalue weighted by atomic mass is 10.2. The third-order valence-electron chi connectivity index (χ3n) is 4.09. The minimum absolute atomic E-state index is 0.607. The highest BCUT2D eigenvalue weighted by Crippen LogP contribution is 2.16. The Kier molecular flexibility index (Phi) is 5.46. The van der Waals surface area contributed by atoms with E-state index in [4.69, 9.17) is 4.84 Å². The van der Waals surface area contributed by atoms with Gasteiger partial charge in [0, 0.05) is 6.54 Å². The molecule has 116 valence electrons. The van der Waals surface area contributed by atoms with Gasteiger partial charge in [-0.05, 0) is 43.6 Å². The summed E-state index contributed by atoms with van der Waals surface area (Å²) in [6.07, 6.45) is 2.66. The standard InChI is InChI=1S/C19H24N2O/c1-3-9-18(10-4-1)17-22-21(19-11-5-2-6-12-19)16-15-20-13-7-8-14-20/h1-6,9-12H,7-8,13-17H2. The van der Waals surface area contributed by atoms with Crippen molar-refractivity contribution in [3.63, 3.8) is 0 Å². The lowest BCUT2D eigenvalue weighted by molar-refractivity contribution is 0.0894. The fourth-order valence-corrected chi connectivity index (χ4v) is 2.83. The Balaban J connectivity index is 1.60. The summed E-state index contributed by atoms with van der Waals surface area (Å²) in [5, 5.41) is 2.03. The van der Waals surface area contributed by atoms with Gasteiger partial charge in [-0.1, -0.05) is 48.5 Å². The van der Waals surface area contributed by atoms with Crippen molar-refractivity contribution in [1.29, 1.82) is 0 Å². The van der Waals surface area contributed by atoms with Crippen LogP contribution in [0.4, 0.5) is 5.69 Å². The van der Waals surface area contributed by atoms with E-state index in [-0.39, 0.29) is 0 Å². The van der Waals surface area contributed by atoms with Gasteiger partial charge in [0.25, 0.3) is 0 Å². The van der Waals surface area contributed by atoms with Crippen molar-refractivity contribution in [2.75, 3.05) is 31.2 Å². The van der Waals surface area contributed by atoms with E-state index in [1.54, 1.807) is 0 Å². The highest BCUT2D eigenvalue weighted by atomic mass is 16.7. The first kappa shape index (κ1) is 15.1. The first-order chi connectivity index (χ1) is 10.9. The van der Waals surface area contributed by atoms with E-state index < -0.39 is 0 Å². The van der Waals surface area contributed by atoms with Crippen molar-refractivity contribution in [3.8, 4) is 0 Å². The van der Waals surface area contributed by atoms with Crippen molar-refractivity contribution < 1.29 is 4.84 Å². The van der Waals surface area contributed by atoms with E-state index in [2.05, 4.69) is 53.4 Å². The maximum absolute atomic E-state index is 6.08. The summed E-state index contributed by atoms with van der Waals surface area (Å²) in [5.74, 6) is 0. The summed E-state index contributed by atoms with van der Waals surface area (Å²) in [5.41, 5.74) is 2.32. The second-order valence-corrected chi connectivity index (χ2v) is 5.75. The van der Waals surface area contributed by atoms with Gasteiger partial charge in [0.05, 0.1) is 18.8 Å².